The molecule has 42 valence electrons. The third-order valence-electron chi connectivity index (χ3n) is 0.376. The first-order valence-corrected chi connectivity index (χ1v) is 2.35. The highest BCUT2D eigenvalue weighted by molar-refractivity contribution is 9.10. The molecule has 1 unspecified atom stereocenters. The van der Waals surface area contributed by atoms with Gasteiger partial charge in [0.05, 0.1) is 0 Å². The van der Waals surface area contributed by atoms with Gasteiger partial charge in [-0.05, 0) is 22.9 Å². The minimum Gasteiger partial charge on any atom is -0.478 e. The molecule has 0 aliphatic rings. The van der Waals surface area contributed by atoms with E-state index >= 15 is 0 Å². The molecule has 0 saturated heterocycles. The second-order valence-corrected chi connectivity index (χ2v) is 2.68. The molecule has 0 aromatic rings. The molecule has 0 saturated carbocycles. The molecule has 0 aromatic heterocycles. The molecular formula is C3H4BrFO2. The zero-order valence-corrected chi connectivity index (χ0v) is 5.20. The highest BCUT2D eigenvalue weighted by Gasteiger charge is 2.27. The average molecular weight is 171 g/mol. The molecule has 1 atom stereocenters. The van der Waals surface area contributed by atoms with E-state index in [9.17, 15) is 9.18 Å². The Hall–Kier alpha value is -0.120. The normalized spacial score (nSPS) is 18.1. The van der Waals surface area contributed by atoms with Crippen molar-refractivity contribution in [1.82, 2.24) is 0 Å². The van der Waals surface area contributed by atoms with Gasteiger partial charge >= 0.3 is 5.97 Å². The number of carboxylic acid groups (broad SMARTS) is 1. The van der Waals surface area contributed by atoms with Crippen molar-refractivity contribution in [2.24, 2.45) is 0 Å². The first-order chi connectivity index (χ1) is 2.94. The van der Waals surface area contributed by atoms with Crippen LogP contribution in [0.15, 0.2) is 0 Å². The van der Waals surface area contributed by atoms with E-state index in [-0.39, 0.29) is 0 Å². The Kier molecular flexibility index (Phi) is 1.75. The molecule has 0 amide bonds. The number of alkyl halides is 2. The van der Waals surface area contributed by atoms with Crippen LogP contribution in [0.1, 0.15) is 6.92 Å². The summed E-state index contributed by atoms with van der Waals surface area (Å²) in [7, 11) is 0. The Labute approximate surface area is 48.5 Å². The van der Waals surface area contributed by atoms with Crippen LogP contribution in [0.3, 0.4) is 0 Å². The smallest absolute Gasteiger partial charge is 0.352 e. The Bertz CT molecular complexity index is 85.4. The lowest BCUT2D eigenvalue weighted by Gasteiger charge is -2.01. The van der Waals surface area contributed by atoms with Crippen molar-refractivity contribution in [3.05, 3.63) is 0 Å². The van der Waals surface area contributed by atoms with Gasteiger partial charge in [-0.2, -0.15) is 0 Å². The predicted molar refractivity (Wildman–Crippen MR) is 26.1 cm³/mol. The van der Waals surface area contributed by atoms with Crippen molar-refractivity contribution in [2.75, 3.05) is 0 Å². The summed E-state index contributed by atoms with van der Waals surface area (Å²) in [6.07, 6.45) is 0. The fraction of sp³-hybridized carbons (Fsp3) is 0.667. The molecule has 7 heavy (non-hydrogen) atoms. The van der Waals surface area contributed by atoms with Crippen molar-refractivity contribution in [2.45, 2.75) is 11.5 Å². The van der Waals surface area contributed by atoms with Crippen molar-refractivity contribution >= 4 is 21.9 Å². The summed E-state index contributed by atoms with van der Waals surface area (Å²) < 4.78 is 9.56. The molecular weight excluding hydrogens is 167 g/mol. The van der Waals surface area contributed by atoms with E-state index in [1.807, 2.05) is 0 Å². The second kappa shape index (κ2) is 1.78. The molecule has 0 heterocycles. The van der Waals surface area contributed by atoms with E-state index in [4.69, 9.17) is 5.11 Å². The van der Waals surface area contributed by atoms with Crippen LogP contribution >= 0.6 is 15.9 Å². The van der Waals surface area contributed by atoms with Gasteiger partial charge in [-0.3, -0.25) is 0 Å². The largest absolute Gasteiger partial charge is 0.478 e. The fourth-order valence-electron chi connectivity index (χ4n) is 0. The van der Waals surface area contributed by atoms with Crippen molar-refractivity contribution in [3.8, 4) is 0 Å². The maximum Gasteiger partial charge on any atom is 0.352 e. The van der Waals surface area contributed by atoms with Crippen LogP contribution in [-0.2, 0) is 4.79 Å². The molecule has 0 spiro atoms. The molecule has 0 fully saturated rings. The highest BCUT2D eigenvalue weighted by atomic mass is 79.9. The van der Waals surface area contributed by atoms with Crippen LogP contribution in [-0.4, -0.2) is 15.7 Å². The maximum absolute atomic E-state index is 11.8. The molecule has 0 aromatic carbocycles. The van der Waals surface area contributed by atoms with E-state index in [1.54, 1.807) is 0 Å². The summed E-state index contributed by atoms with van der Waals surface area (Å²) in [4.78, 5) is 9.60. The van der Waals surface area contributed by atoms with E-state index in [2.05, 4.69) is 15.9 Å². The zero-order chi connectivity index (χ0) is 6.08. The highest BCUT2D eigenvalue weighted by Crippen LogP contribution is 2.17. The molecule has 0 radical (unpaired) electrons. The third-order valence-corrected chi connectivity index (χ3v) is 0.715. The maximum atomic E-state index is 11.8. The fourth-order valence-corrected chi connectivity index (χ4v) is 0. The average Bonchev–Trinajstić information content (AvgIpc) is 1.31. The summed E-state index contributed by atoms with van der Waals surface area (Å²) >= 11 is 2.28. The van der Waals surface area contributed by atoms with Gasteiger partial charge in [0.25, 0.3) is 4.58 Å². The van der Waals surface area contributed by atoms with Crippen molar-refractivity contribution in [1.29, 1.82) is 0 Å². The summed E-state index contributed by atoms with van der Waals surface area (Å²) in [6, 6.07) is 0. The van der Waals surface area contributed by atoms with Crippen LogP contribution in [0.5, 0.6) is 0 Å². The summed E-state index contributed by atoms with van der Waals surface area (Å²) in [6.45, 7) is 0.912. The van der Waals surface area contributed by atoms with Gasteiger partial charge in [0.1, 0.15) is 0 Å². The van der Waals surface area contributed by atoms with E-state index in [0.717, 1.165) is 6.92 Å². The van der Waals surface area contributed by atoms with Crippen molar-refractivity contribution < 1.29 is 14.3 Å². The van der Waals surface area contributed by atoms with Gasteiger partial charge in [-0.25, -0.2) is 9.18 Å². The molecule has 2 nitrogen and oxygen atoms in total. The Morgan fingerprint density at radius 2 is 2.14 bits per heavy atom. The molecule has 0 rings (SSSR count). The molecule has 1 N–H and O–H groups in total. The predicted octanol–water partition coefficient (Wildman–Crippen LogP) is 1.15. The minimum atomic E-state index is -2.27. The van der Waals surface area contributed by atoms with Crippen LogP contribution in [0.4, 0.5) is 4.39 Å². The third kappa shape index (κ3) is 2.56. The molecule has 0 aliphatic heterocycles. The Morgan fingerprint density at radius 1 is 2.00 bits per heavy atom. The second-order valence-electron chi connectivity index (χ2n) is 1.19. The monoisotopic (exact) mass is 170 g/mol. The van der Waals surface area contributed by atoms with Crippen molar-refractivity contribution in [3.63, 3.8) is 0 Å². The number of hydrogen-bond acceptors (Lipinski definition) is 1. The standard InChI is InChI=1S/C3H4BrFO2/c1-3(4,5)2(6)7/h1H3,(H,6,7). The summed E-state index contributed by atoms with van der Waals surface area (Å²) in [5.74, 6) is -1.51. The zero-order valence-electron chi connectivity index (χ0n) is 3.61. The molecule has 0 aliphatic carbocycles. The first kappa shape index (κ1) is 6.88. The lowest BCUT2D eigenvalue weighted by atomic mass is 10.5. The number of carbonyl (C=O) groups is 1. The van der Waals surface area contributed by atoms with Gasteiger partial charge in [0.2, 0.25) is 0 Å². The lowest BCUT2D eigenvalue weighted by molar-refractivity contribution is -0.143. The molecule has 0 bridgehead atoms. The van der Waals surface area contributed by atoms with Gasteiger partial charge in [0, 0.05) is 0 Å². The van der Waals surface area contributed by atoms with Crippen LogP contribution in [0.25, 0.3) is 0 Å². The van der Waals surface area contributed by atoms with Gasteiger partial charge < -0.3 is 5.11 Å². The number of hydrogen-bond donors (Lipinski definition) is 1. The first-order valence-electron chi connectivity index (χ1n) is 1.56. The van der Waals surface area contributed by atoms with E-state index < -0.39 is 10.5 Å². The number of carboxylic acids is 1. The molecule has 4 heteroatoms. The number of rotatable bonds is 1. The topological polar surface area (TPSA) is 37.3 Å². The van der Waals surface area contributed by atoms with Crippen LogP contribution < -0.4 is 0 Å². The quantitative estimate of drug-likeness (QED) is 0.600. The Morgan fingerprint density at radius 3 is 2.14 bits per heavy atom. The lowest BCUT2D eigenvalue weighted by Crippen LogP contribution is -2.20. The van der Waals surface area contributed by atoms with Crippen LogP contribution in [0.2, 0.25) is 0 Å². The van der Waals surface area contributed by atoms with E-state index in [1.165, 1.54) is 0 Å². The van der Waals surface area contributed by atoms with Gasteiger partial charge in [-0.15, -0.1) is 0 Å². The Balaban J connectivity index is 3.79. The summed E-state index contributed by atoms with van der Waals surface area (Å²) in [5, 5.41) is 7.83. The number of aliphatic carboxylic acids is 1. The van der Waals surface area contributed by atoms with Gasteiger partial charge in [-0.1, -0.05) is 0 Å². The van der Waals surface area contributed by atoms with E-state index in [0.29, 0.717) is 0 Å². The number of halogens is 2. The van der Waals surface area contributed by atoms with Crippen LogP contribution in [0, 0.1) is 0 Å². The SMILES string of the molecule is CC(F)(Br)C(=O)O. The summed E-state index contributed by atoms with van der Waals surface area (Å²) in [5.41, 5.74) is 0. The van der Waals surface area contributed by atoms with Gasteiger partial charge in [0.15, 0.2) is 0 Å². The minimum absolute atomic E-state index is 0.912.